The lowest BCUT2D eigenvalue weighted by atomic mass is 10.0. The Morgan fingerprint density at radius 3 is 2.06 bits per heavy atom. The van der Waals surface area contributed by atoms with Crippen LogP contribution in [0.15, 0.2) is 72.8 Å². The lowest BCUT2D eigenvalue weighted by molar-refractivity contribution is 0.379. The fraction of sp³-hybridized carbons (Fsp3) is 0.0800. The van der Waals surface area contributed by atoms with Gasteiger partial charge < -0.3 is 14.6 Å². The summed E-state index contributed by atoms with van der Waals surface area (Å²) < 4.78 is 10.5. The molecule has 0 saturated heterocycles. The first-order valence-electron chi connectivity index (χ1n) is 9.75. The summed E-state index contributed by atoms with van der Waals surface area (Å²) in [6.07, 6.45) is 0. The lowest BCUT2D eigenvalue weighted by Gasteiger charge is -2.10. The molecule has 1 aromatic heterocycles. The van der Waals surface area contributed by atoms with Gasteiger partial charge in [-0.2, -0.15) is 9.97 Å². The van der Waals surface area contributed by atoms with Crippen molar-refractivity contribution in [2.45, 2.75) is 0 Å². The van der Waals surface area contributed by atoms with Crippen LogP contribution >= 0.6 is 0 Å². The SMILES string of the molecule is COc1ccc(-c2nc(OC)nc(-c3ccc4cc5ccccc5cc4c3)n2)c(O)c1. The average Bonchev–Trinajstić information content (AvgIpc) is 2.81. The standard InChI is InChI=1S/C25H19N3O3/c1-30-20-9-10-21(22(29)14-20)24-26-23(27-25(28-24)31-2)18-8-7-17-11-15-5-3-4-6-16(15)12-19(17)13-18/h3-14,29H,1-2H3. The van der Waals surface area contributed by atoms with Crippen molar-refractivity contribution in [1.82, 2.24) is 15.0 Å². The molecule has 1 N–H and O–H groups in total. The van der Waals surface area contributed by atoms with Crippen molar-refractivity contribution in [3.63, 3.8) is 0 Å². The third-order valence-electron chi connectivity index (χ3n) is 5.21. The second kappa shape index (κ2) is 7.57. The van der Waals surface area contributed by atoms with Crippen LogP contribution in [0.4, 0.5) is 0 Å². The van der Waals surface area contributed by atoms with E-state index < -0.39 is 0 Å². The summed E-state index contributed by atoms with van der Waals surface area (Å²) in [4.78, 5) is 13.4. The monoisotopic (exact) mass is 409 g/mol. The van der Waals surface area contributed by atoms with Gasteiger partial charge in [0, 0.05) is 11.6 Å². The summed E-state index contributed by atoms with van der Waals surface area (Å²) in [6, 6.07) is 23.8. The number of nitrogens with zero attached hydrogens (tertiary/aromatic N) is 3. The average molecular weight is 409 g/mol. The molecule has 5 aromatic rings. The number of fused-ring (bicyclic) bond motifs is 2. The van der Waals surface area contributed by atoms with E-state index in [1.807, 2.05) is 24.3 Å². The second-order valence-electron chi connectivity index (χ2n) is 7.11. The zero-order chi connectivity index (χ0) is 21.4. The number of rotatable bonds is 4. The van der Waals surface area contributed by atoms with Crippen LogP contribution < -0.4 is 9.47 Å². The van der Waals surface area contributed by atoms with Crippen LogP contribution in [0.25, 0.3) is 44.3 Å². The molecule has 0 unspecified atom stereocenters. The van der Waals surface area contributed by atoms with Gasteiger partial charge in [-0.3, -0.25) is 0 Å². The maximum Gasteiger partial charge on any atom is 0.320 e. The van der Waals surface area contributed by atoms with E-state index in [1.165, 1.54) is 23.9 Å². The number of phenolic OH excluding ortho intramolecular Hbond substituents is 1. The Hall–Kier alpha value is -4.19. The van der Waals surface area contributed by atoms with Gasteiger partial charge in [0.05, 0.1) is 19.8 Å². The number of benzene rings is 4. The second-order valence-corrected chi connectivity index (χ2v) is 7.11. The van der Waals surface area contributed by atoms with Gasteiger partial charge in [0.1, 0.15) is 11.5 Å². The van der Waals surface area contributed by atoms with Gasteiger partial charge in [0.2, 0.25) is 0 Å². The van der Waals surface area contributed by atoms with Gasteiger partial charge in [-0.25, -0.2) is 4.98 Å². The van der Waals surface area contributed by atoms with Crippen molar-refractivity contribution in [2.24, 2.45) is 0 Å². The van der Waals surface area contributed by atoms with Crippen molar-refractivity contribution >= 4 is 21.5 Å². The van der Waals surface area contributed by atoms with Crippen molar-refractivity contribution in [3.05, 3.63) is 72.8 Å². The maximum atomic E-state index is 10.4. The summed E-state index contributed by atoms with van der Waals surface area (Å²) in [5.74, 6) is 1.35. The summed E-state index contributed by atoms with van der Waals surface area (Å²) in [5, 5.41) is 15.0. The lowest BCUT2D eigenvalue weighted by Crippen LogP contribution is -2.01. The zero-order valence-corrected chi connectivity index (χ0v) is 17.0. The quantitative estimate of drug-likeness (QED) is 0.409. The molecule has 0 radical (unpaired) electrons. The number of hydrogen-bond donors (Lipinski definition) is 1. The Kier molecular flexibility index (Phi) is 4.59. The number of ether oxygens (including phenoxy) is 2. The molecule has 5 rings (SSSR count). The normalized spacial score (nSPS) is 11.0. The van der Waals surface area contributed by atoms with E-state index in [1.54, 1.807) is 19.2 Å². The minimum atomic E-state index is 0.0172. The van der Waals surface area contributed by atoms with Crippen LogP contribution in [0.1, 0.15) is 0 Å². The molecular formula is C25H19N3O3. The summed E-state index contributed by atoms with van der Waals surface area (Å²) in [6.45, 7) is 0. The largest absolute Gasteiger partial charge is 0.507 e. The third-order valence-corrected chi connectivity index (χ3v) is 5.21. The molecule has 6 heteroatoms. The topological polar surface area (TPSA) is 77.4 Å². The van der Waals surface area contributed by atoms with Gasteiger partial charge in [-0.15, -0.1) is 0 Å². The number of aromatic nitrogens is 3. The molecule has 0 fully saturated rings. The molecule has 0 aliphatic heterocycles. The highest BCUT2D eigenvalue weighted by Gasteiger charge is 2.15. The Morgan fingerprint density at radius 2 is 1.35 bits per heavy atom. The van der Waals surface area contributed by atoms with Crippen molar-refractivity contribution < 1.29 is 14.6 Å². The highest BCUT2D eigenvalue weighted by molar-refractivity contribution is 5.99. The summed E-state index contributed by atoms with van der Waals surface area (Å²) >= 11 is 0. The number of phenols is 1. The van der Waals surface area contributed by atoms with Crippen LogP contribution in [0.5, 0.6) is 17.5 Å². The third kappa shape index (κ3) is 3.48. The molecule has 0 saturated carbocycles. The predicted octanol–water partition coefficient (Wildman–Crippen LogP) is 5.23. The Bertz CT molecular complexity index is 1430. The highest BCUT2D eigenvalue weighted by Crippen LogP contribution is 2.33. The molecule has 0 amide bonds. The van der Waals surface area contributed by atoms with E-state index in [4.69, 9.17) is 9.47 Å². The van der Waals surface area contributed by atoms with E-state index in [2.05, 4.69) is 45.3 Å². The molecule has 0 atom stereocenters. The maximum absolute atomic E-state index is 10.4. The molecule has 0 aliphatic carbocycles. The van der Waals surface area contributed by atoms with Crippen LogP contribution in [-0.2, 0) is 0 Å². The van der Waals surface area contributed by atoms with Crippen molar-refractivity contribution in [2.75, 3.05) is 14.2 Å². The molecular weight excluding hydrogens is 390 g/mol. The number of methoxy groups -OCH3 is 2. The Balaban J connectivity index is 1.65. The van der Waals surface area contributed by atoms with E-state index in [0.717, 1.165) is 16.3 Å². The number of aromatic hydroxyl groups is 1. The van der Waals surface area contributed by atoms with Gasteiger partial charge >= 0.3 is 6.01 Å². The zero-order valence-electron chi connectivity index (χ0n) is 17.0. The van der Waals surface area contributed by atoms with Crippen LogP contribution in [0, 0.1) is 0 Å². The molecule has 0 aliphatic rings. The number of hydrogen-bond acceptors (Lipinski definition) is 6. The minimum Gasteiger partial charge on any atom is -0.507 e. The molecule has 4 aromatic carbocycles. The highest BCUT2D eigenvalue weighted by atomic mass is 16.5. The fourth-order valence-corrected chi connectivity index (χ4v) is 3.60. The molecule has 6 nitrogen and oxygen atoms in total. The van der Waals surface area contributed by atoms with Crippen LogP contribution in [0.2, 0.25) is 0 Å². The first-order chi connectivity index (χ1) is 15.1. The summed E-state index contributed by atoms with van der Waals surface area (Å²) in [7, 11) is 3.05. The van der Waals surface area contributed by atoms with Crippen molar-refractivity contribution in [3.8, 4) is 40.3 Å². The molecule has 31 heavy (non-hydrogen) atoms. The smallest absolute Gasteiger partial charge is 0.320 e. The Labute approximate surface area is 178 Å². The summed E-state index contributed by atoms with van der Waals surface area (Å²) in [5.41, 5.74) is 1.30. The first kappa shape index (κ1) is 18.8. The minimum absolute atomic E-state index is 0.0172. The first-order valence-corrected chi connectivity index (χ1v) is 9.75. The van der Waals surface area contributed by atoms with Gasteiger partial charge in [0.15, 0.2) is 11.6 Å². The molecule has 1 heterocycles. The fourth-order valence-electron chi connectivity index (χ4n) is 3.60. The Morgan fingerprint density at radius 1 is 0.645 bits per heavy atom. The molecule has 152 valence electrons. The van der Waals surface area contributed by atoms with E-state index in [9.17, 15) is 5.11 Å². The molecule has 0 spiro atoms. The van der Waals surface area contributed by atoms with Gasteiger partial charge in [0.25, 0.3) is 0 Å². The van der Waals surface area contributed by atoms with Crippen molar-refractivity contribution in [1.29, 1.82) is 0 Å². The van der Waals surface area contributed by atoms with Crippen LogP contribution in [0.3, 0.4) is 0 Å². The molecule has 0 bridgehead atoms. The van der Waals surface area contributed by atoms with Gasteiger partial charge in [-0.05, 0) is 51.9 Å². The van der Waals surface area contributed by atoms with E-state index in [-0.39, 0.29) is 11.8 Å². The van der Waals surface area contributed by atoms with Gasteiger partial charge in [-0.1, -0.05) is 36.4 Å². The van der Waals surface area contributed by atoms with E-state index in [0.29, 0.717) is 23.0 Å². The predicted molar refractivity (Wildman–Crippen MR) is 120 cm³/mol. The van der Waals surface area contributed by atoms with E-state index >= 15 is 0 Å². The van der Waals surface area contributed by atoms with Crippen LogP contribution in [-0.4, -0.2) is 34.3 Å².